The molecule has 0 saturated heterocycles. The Bertz CT molecular complexity index is 241. The van der Waals surface area contributed by atoms with Crippen LogP contribution in [-0.2, 0) is 13.3 Å². The minimum atomic E-state index is -2.50. The lowest BCUT2D eigenvalue weighted by molar-refractivity contribution is -0.927. The van der Waals surface area contributed by atoms with Crippen LogP contribution in [0.1, 0.15) is 26.2 Å². The van der Waals surface area contributed by atoms with E-state index in [1.165, 1.54) is 0 Å². The Morgan fingerprint density at radius 3 is 1.55 bits per heavy atom. The maximum Gasteiger partial charge on any atom is 0.500 e. The molecule has 0 rings (SSSR count). The lowest BCUT2D eigenvalue weighted by Crippen LogP contribution is -3.00. The topological polar surface area (TPSA) is 68.2 Å². The van der Waals surface area contributed by atoms with E-state index >= 15 is 0 Å². The molecule has 0 aromatic heterocycles. The molecule has 0 aliphatic carbocycles. The molecular formula is C14H34ClNO5Si. The zero-order valence-electron chi connectivity index (χ0n) is 14.5. The third-order valence-corrected chi connectivity index (χ3v) is 7.13. The average Bonchev–Trinajstić information content (AvgIpc) is 2.54. The van der Waals surface area contributed by atoms with Gasteiger partial charge in [0, 0.05) is 59.8 Å². The second-order valence-corrected chi connectivity index (χ2v) is 8.47. The van der Waals surface area contributed by atoms with Crippen LogP contribution in [0.2, 0.25) is 6.04 Å². The SMILES string of the molecule is CC[N+](CCCO)(CCCO)CCC[Si](OC)(OC)OC.[Cl-]. The second-order valence-electron chi connectivity index (χ2n) is 5.38. The van der Waals surface area contributed by atoms with E-state index in [4.69, 9.17) is 23.5 Å². The Morgan fingerprint density at radius 1 is 0.818 bits per heavy atom. The summed E-state index contributed by atoms with van der Waals surface area (Å²) in [6, 6.07) is 0.786. The normalized spacial score (nSPS) is 12.3. The van der Waals surface area contributed by atoms with Gasteiger partial charge in [0.25, 0.3) is 0 Å². The first-order valence-corrected chi connectivity index (χ1v) is 9.73. The van der Waals surface area contributed by atoms with Gasteiger partial charge in [-0.25, -0.2) is 0 Å². The zero-order chi connectivity index (χ0) is 16.2. The van der Waals surface area contributed by atoms with Gasteiger partial charge in [-0.15, -0.1) is 0 Å². The quantitative estimate of drug-likeness (QED) is 0.274. The third-order valence-electron chi connectivity index (χ3n) is 4.30. The van der Waals surface area contributed by atoms with E-state index in [-0.39, 0.29) is 25.6 Å². The number of halogens is 1. The van der Waals surface area contributed by atoms with Gasteiger partial charge in [-0.2, -0.15) is 0 Å². The maximum atomic E-state index is 9.11. The van der Waals surface area contributed by atoms with E-state index in [2.05, 4.69) is 6.92 Å². The predicted octanol–water partition coefficient (Wildman–Crippen LogP) is -2.14. The van der Waals surface area contributed by atoms with Crippen molar-refractivity contribution < 1.29 is 40.4 Å². The summed E-state index contributed by atoms with van der Waals surface area (Å²) in [5, 5.41) is 18.2. The molecule has 2 N–H and O–H groups in total. The highest BCUT2D eigenvalue weighted by molar-refractivity contribution is 6.60. The van der Waals surface area contributed by atoms with E-state index in [1.54, 1.807) is 21.3 Å². The minimum absolute atomic E-state index is 0. The van der Waals surface area contributed by atoms with E-state index in [9.17, 15) is 0 Å². The van der Waals surface area contributed by atoms with Crippen LogP contribution < -0.4 is 12.4 Å². The van der Waals surface area contributed by atoms with E-state index in [1.807, 2.05) is 0 Å². The van der Waals surface area contributed by atoms with Gasteiger partial charge >= 0.3 is 8.80 Å². The van der Waals surface area contributed by atoms with Crippen LogP contribution in [0.15, 0.2) is 0 Å². The highest BCUT2D eigenvalue weighted by Crippen LogP contribution is 2.19. The van der Waals surface area contributed by atoms with Crippen LogP contribution in [-0.4, -0.2) is 84.2 Å². The van der Waals surface area contributed by atoms with Crippen LogP contribution >= 0.6 is 0 Å². The molecular weight excluding hydrogens is 326 g/mol. The Balaban J connectivity index is 0. The highest BCUT2D eigenvalue weighted by atomic mass is 35.5. The molecule has 0 bridgehead atoms. The van der Waals surface area contributed by atoms with Crippen molar-refractivity contribution in [3.8, 4) is 0 Å². The molecule has 0 radical (unpaired) electrons. The highest BCUT2D eigenvalue weighted by Gasteiger charge is 2.38. The molecule has 0 unspecified atom stereocenters. The van der Waals surface area contributed by atoms with Crippen molar-refractivity contribution in [3.05, 3.63) is 0 Å². The molecule has 0 atom stereocenters. The smallest absolute Gasteiger partial charge is 0.500 e. The molecule has 6 nitrogen and oxygen atoms in total. The predicted molar refractivity (Wildman–Crippen MR) is 85.0 cm³/mol. The Labute approximate surface area is 142 Å². The molecule has 0 saturated carbocycles. The molecule has 0 amide bonds. The van der Waals surface area contributed by atoms with Gasteiger partial charge in [0.05, 0.1) is 26.2 Å². The van der Waals surface area contributed by atoms with Crippen LogP contribution in [0.3, 0.4) is 0 Å². The summed E-state index contributed by atoms with van der Waals surface area (Å²) in [5.74, 6) is 0. The average molecular weight is 360 g/mol. The first kappa shape index (κ1) is 24.5. The minimum Gasteiger partial charge on any atom is -1.00 e. The van der Waals surface area contributed by atoms with Gasteiger partial charge in [0.1, 0.15) is 0 Å². The molecule has 8 heteroatoms. The first-order valence-electron chi connectivity index (χ1n) is 7.80. The van der Waals surface area contributed by atoms with E-state index < -0.39 is 8.80 Å². The number of hydrogen-bond donors (Lipinski definition) is 2. The van der Waals surface area contributed by atoms with Crippen LogP contribution in [0.25, 0.3) is 0 Å². The van der Waals surface area contributed by atoms with Crippen molar-refractivity contribution in [1.82, 2.24) is 0 Å². The number of hydrogen-bond acceptors (Lipinski definition) is 5. The fraction of sp³-hybridized carbons (Fsp3) is 1.00. The summed E-state index contributed by atoms with van der Waals surface area (Å²) in [4.78, 5) is 0. The standard InChI is InChI=1S/C14H34NO5Si.ClH/c1-5-15(9-6-12-16,10-7-13-17)11-8-14-21(18-2,19-3)20-4;/h16-17H,5-14H2,1-4H3;1H/q+1;/p-1. The molecule has 22 heavy (non-hydrogen) atoms. The molecule has 0 aliphatic rings. The molecule has 136 valence electrons. The Morgan fingerprint density at radius 2 is 1.23 bits per heavy atom. The van der Waals surface area contributed by atoms with Crippen molar-refractivity contribution >= 4 is 8.80 Å². The summed E-state index contributed by atoms with van der Waals surface area (Å²) in [5.41, 5.74) is 0. The summed E-state index contributed by atoms with van der Waals surface area (Å²) in [7, 11) is 2.41. The van der Waals surface area contributed by atoms with Crippen LogP contribution in [0.4, 0.5) is 0 Å². The second kappa shape index (κ2) is 13.7. The number of quaternary nitrogens is 1. The monoisotopic (exact) mass is 359 g/mol. The Kier molecular flexibility index (Phi) is 15.2. The first-order chi connectivity index (χ1) is 10.1. The van der Waals surface area contributed by atoms with Gasteiger partial charge in [-0.3, -0.25) is 0 Å². The number of rotatable bonds is 14. The van der Waals surface area contributed by atoms with Crippen LogP contribution in [0.5, 0.6) is 0 Å². The fourth-order valence-electron chi connectivity index (χ4n) is 2.81. The zero-order valence-corrected chi connectivity index (χ0v) is 16.3. The van der Waals surface area contributed by atoms with Gasteiger partial charge < -0.3 is 40.4 Å². The summed E-state index contributed by atoms with van der Waals surface area (Å²) in [6.45, 7) is 6.46. The molecule has 0 fully saturated rings. The van der Waals surface area contributed by atoms with Crippen molar-refractivity contribution in [2.75, 3.05) is 60.7 Å². The summed E-state index contributed by atoms with van der Waals surface area (Å²) in [6.07, 6.45) is 2.54. The molecule has 0 aliphatic heterocycles. The lowest BCUT2D eigenvalue weighted by atomic mass is 10.2. The number of nitrogens with zero attached hydrogens (tertiary/aromatic N) is 1. The van der Waals surface area contributed by atoms with Crippen molar-refractivity contribution in [2.24, 2.45) is 0 Å². The van der Waals surface area contributed by atoms with Gasteiger partial charge in [0.15, 0.2) is 0 Å². The van der Waals surface area contributed by atoms with E-state index in [0.29, 0.717) is 0 Å². The van der Waals surface area contributed by atoms with Gasteiger partial charge in [-0.05, 0) is 6.92 Å². The van der Waals surface area contributed by atoms with Crippen molar-refractivity contribution in [1.29, 1.82) is 0 Å². The van der Waals surface area contributed by atoms with Crippen LogP contribution in [0, 0.1) is 0 Å². The number of aliphatic hydroxyl groups is 2. The van der Waals surface area contributed by atoms with Crippen molar-refractivity contribution in [2.45, 2.75) is 32.2 Å². The third kappa shape index (κ3) is 8.21. The largest absolute Gasteiger partial charge is 1.00 e. The van der Waals surface area contributed by atoms with Crippen molar-refractivity contribution in [3.63, 3.8) is 0 Å². The van der Waals surface area contributed by atoms with E-state index in [0.717, 1.165) is 56.0 Å². The fourth-order valence-corrected chi connectivity index (χ4v) is 4.51. The Hall–Kier alpha value is 0.267. The molecule has 0 aromatic rings. The summed E-state index contributed by atoms with van der Waals surface area (Å²) >= 11 is 0. The molecule has 0 spiro atoms. The van der Waals surface area contributed by atoms with Gasteiger partial charge in [-0.1, -0.05) is 0 Å². The summed E-state index contributed by atoms with van der Waals surface area (Å²) < 4.78 is 17.3. The maximum absolute atomic E-state index is 9.11. The molecule has 0 heterocycles. The van der Waals surface area contributed by atoms with Gasteiger partial charge in [0.2, 0.25) is 0 Å². The number of aliphatic hydroxyl groups excluding tert-OH is 2. The lowest BCUT2D eigenvalue weighted by Gasteiger charge is -2.38. The molecule has 0 aromatic carbocycles.